The van der Waals surface area contributed by atoms with Gasteiger partial charge in [0.05, 0.1) is 30.8 Å². The van der Waals surface area contributed by atoms with E-state index in [0.717, 1.165) is 35.5 Å². The van der Waals surface area contributed by atoms with Crippen LogP contribution in [0, 0.1) is 18.6 Å². The third kappa shape index (κ3) is 5.04. The Morgan fingerprint density at radius 3 is 2.71 bits per heavy atom. The molecule has 0 saturated carbocycles. The molecule has 0 radical (unpaired) electrons. The molecule has 1 N–H and O–H groups in total. The van der Waals surface area contributed by atoms with Gasteiger partial charge in [0.2, 0.25) is 5.91 Å². The molecule has 1 amide bonds. The van der Waals surface area contributed by atoms with E-state index in [0.29, 0.717) is 34.2 Å². The van der Waals surface area contributed by atoms with Crippen molar-refractivity contribution in [2.75, 3.05) is 18.2 Å². The Bertz CT molecular complexity index is 1470. The van der Waals surface area contributed by atoms with Gasteiger partial charge >= 0.3 is 0 Å². The minimum atomic E-state index is -0.750. The van der Waals surface area contributed by atoms with Crippen LogP contribution in [-0.2, 0) is 17.9 Å². The fraction of sp³-hybridized carbons (Fsp3) is 0.250. The summed E-state index contributed by atoms with van der Waals surface area (Å²) < 4.78 is 35.9. The van der Waals surface area contributed by atoms with E-state index >= 15 is 0 Å². The number of hydrogen-bond acceptors (Lipinski definition) is 6. The SMILES string of the molecule is CCn1nc(C)c2nc(SCC(=O)Nc3cc(F)ccc3F)n(Cc3ccccc3OC)c(=O)c21. The second-order valence-electron chi connectivity index (χ2n) is 7.66. The Morgan fingerprint density at radius 2 is 1.97 bits per heavy atom. The maximum Gasteiger partial charge on any atom is 0.280 e. The summed E-state index contributed by atoms with van der Waals surface area (Å²) in [4.78, 5) is 30.7. The highest BCUT2D eigenvalue weighted by molar-refractivity contribution is 7.99. The van der Waals surface area contributed by atoms with Gasteiger partial charge < -0.3 is 10.1 Å². The van der Waals surface area contributed by atoms with Crippen LogP contribution in [-0.4, -0.2) is 38.1 Å². The molecule has 0 aliphatic carbocycles. The molecule has 8 nitrogen and oxygen atoms in total. The molecule has 0 aliphatic heterocycles. The van der Waals surface area contributed by atoms with Gasteiger partial charge in [-0.05, 0) is 32.0 Å². The molecule has 2 aromatic heterocycles. The van der Waals surface area contributed by atoms with Gasteiger partial charge in [-0.15, -0.1) is 0 Å². The number of nitrogens with one attached hydrogen (secondary N) is 1. The van der Waals surface area contributed by atoms with E-state index in [1.807, 2.05) is 25.1 Å². The Morgan fingerprint density at radius 1 is 1.20 bits per heavy atom. The summed E-state index contributed by atoms with van der Waals surface area (Å²) in [7, 11) is 1.55. The van der Waals surface area contributed by atoms with E-state index in [4.69, 9.17) is 4.74 Å². The van der Waals surface area contributed by atoms with Crippen LogP contribution in [0.5, 0.6) is 5.75 Å². The molecule has 0 bridgehead atoms. The molecule has 0 aliphatic rings. The van der Waals surface area contributed by atoms with E-state index in [1.165, 1.54) is 4.57 Å². The van der Waals surface area contributed by atoms with Crippen LogP contribution < -0.4 is 15.6 Å². The average Bonchev–Trinajstić information content (AvgIpc) is 3.17. The van der Waals surface area contributed by atoms with Crippen LogP contribution in [0.4, 0.5) is 14.5 Å². The van der Waals surface area contributed by atoms with Crippen molar-refractivity contribution in [1.82, 2.24) is 19.3 Å². The van der Waals surface area contributed by atoms with Crippen molar-refractivity contribution in [1.29, 1.82) is 0 Å². The minimum Gasteiger partial charge on any atom is -0.496 e. The number of hydrogen-bond donors (Lipinski definition) is 1. The highest BCUT2D eigenvalue weighted by Gasteiger charge is 2.20. The first-order valence-corrected chi connectivity index (χ1v) is 11.8. The first-order valence-electron chi connectivity index (χ1n) is 10.8. The van der Waals surface area contributed by atoms with Gasteiger partial charge in [0.15, 0.2) is 10.7 Å². The smallest absolute Gasteiger partial charge is 0.280 e. The van der Waals surface area contributed by atoms with Crippen molar-refractivity contribution < 1.29 is 18.3 Å². The molecule has 0 fully saturated rings. The molecule has 182 valence electrons. The van der Waals surface area contributed by atoms with E-state index in [-0.39, 0.29) is 23.5 Å². The molecule has 0 saturated heterocycles. The predicted molar refractivity (Wildman–Crippen MR) is 130 cm³/mol. The van der Waals surface area contributed by atoms with Crippen LogP contribution in [0.15, 0.2) is 52.4 Å². The summed E-state index contributed by atoms with van der Waals surface area (Å²) >= 11 is 1.02. The lowest BCUT2D eigenvalue weighted by Gasteiger charge is -2.15. The molecule has 0 spiro atoms. The third-order valence-corrected chi connectivity index (χ3v) is 6.31. The number of benzene rings is 2. The highest BCUT2D eigenvalue weighted by Crippen LogP contribution is 2.24. The highest BCUT2D eigenvalue weighted by atomic mass is 32.2. The van der Waals surface area contributed by atoms with Crippen LogP contribution in [0.2, 0.25) is 0 Å². The number of rotatable bonds is 8. The van der Waals surface area contributed by atoms with Gasteiger partial charge in [0, 0.05) is 18.2 Å². The molecule has 0 atom stereocenters. The maximum atomic E-state index is 13.9. The number of nitrogens with zero attached hydrogens (tertiary/aromatic N) is 4. The summed E-state index contributed by atoms with van der Waals surface area (Å²) in [6, 6.07) is 10.1. The Labute approximate surface area is 203 Å². The zero-order chi connectivity index (χ0) is 25.1. The van der Waals surface area contributed by atoms with E-state index < -0.39 is 17.5 Å². The molecule has 2 heterocycles. The summed E-state index contributed by atoms with van der Waals surface area (Å²) in [6.45, 7) is 4.29. The quantitative estimate of drug-likeness (QED) is 0.291. The lowest BCUT2D eigenvalue weighted by molar-refractivity contribution is -0.113. The number of methoxy groups -OCH3 is 1. The zero-order valence-electron chi connectivity index (χ0n) is 19.3. The number of amides is 1. The fourth-order valence-corrected chi connectivity index (χ4v) is 4.47. The van der Waals surface area contributed by atoms with Gasteiger partial charge in [-0.25, -0.2) is 13.8 Å². The molecule has 0 unspecified atom stereocenters. The standard InChI is InChI=1S/C24H23F2N5O3S/c1-4-31-22-21(14(2)29-31)28-24(30(23(22)33)12-15-7-5-6-8-19(15)34-3)35-13-20(32)27-18-11-16(25)9-10-17(18)26/h5-11H,4,12-13H2,1-3H3,(H,27,32). The summed E-state index contributed by atoms with van der Waals surface area (Å²) in [5.74, 6) is -1.56. The molecular formula is C24H23F2N5O3S. The average molecular weight is 500 g/mol. The second kappa shape index (κ2) is 10.3. The van der Waals surface area contributed by atoms with Crippen LogP contribution in [0.3, 0.4) is 0 Å². The summed E-state index contributed by atoms with van der Waals surface area (Å²) in [5.41, 5.74) is 1.61. The number of carbonyl (C=O) groups excluding carboxylic acids is 1. The third-order valence-electron chi connectivity index (χ3n) is 5.34. The van der Waals surface area contributed by atoms with Gasteiger partial charge in [-0.3, -0.25) is 18.8 Å². The molecule has 11 heteroatoms. The number of fused-ring (bicyclic) bond motifs is 1. The first-order chi connectivity index (χ1) is 16.8. The number of carbonyl (C=O) groups is 1. The Hall–Kier alpha value is -3.73. The molecule has 2 aromatic carbocycles. The van der Waals surface area contributed by atoms with Crippen LogP contribution in [0.25, 0.3) is 11.0 Å². The maximum absolute atomic E-state index is 13.9. The number of anilines is 1. The van der Waals surface area contributed by atoms with E-state index in [1.54, 1.807) is 24.8 Å². The van der Waals surface area contributed by atoms with Gasteiger partial charge in [-0.1, -0.05) is 30.0 Å². The van der Waals surface area contributed by atoms with Crippen molar-refractivity contribution >= 4 is 34.4 Å². The van der Waals surface area contributed by atoms with Crippen molar-refractivity contribution in [3.63, 3.8) is 0 Å². The summed E-state index contributed by atoms with van der Waals surface area (Å²) in [5, 5.41) is 7.06. The molecule has 4 rings (SSSR count). The van der Waals surface area contributed by atoms with E-state index in [9.17, 15) is 18.4 Å². The van der Waals surface area contributed by atoms with Gasteiger partial charge in [0.25, 0.3) is 5.56 Å². The summed E-state index contributed by atoms with van der Waals surface area (Å²) in [6.07, 6.45) is 0. The largest absolute Gasteiger partial charge is 0.496 e. The molecule has 4 aromatic rings. The van der Waals surface area contributed by atoms with Crippen molar-refractivity contribution in [2.45, 2.75) is 32.1 Å². The minimum absolute atomic E-state index is 0.155. The lowest BCUT2D eigenvalue weighted by Crippen LogP contribution is -2.26. The topological polar surface area (TPSA) is 91.0 Å². The predicted octanol–water partition coefficient (Wildman–Crippen LogP) is 3.99. The normalized spacial score (nSPS) is 11.1. The molecule has 35 heavy (non-hydrogen) atoms. The number of aryl methyl sites for hydroxylation is 2. The Kier molecular flexibility index (Phi) is 7.15. The molecular weight excluding hydrogens is 476 g/mol. The lowest BCUT2D eigenvalue weighted by atomic mass is 10.2. The van der Waals surface area contributed by atoms with Gasteiger partial charge in [0.1, 0.15) is 22.9 Å². The van der Waals surface area contributed by atoms with Gasteiger partial charge in [-0.2, -0.15) is 5.10 Å². The number of halogens is 2. The Balaban J connectivity index is 1.70. The van der Waals surface area contributed by atoms with Crippen LogP contribution in [0.1, 0.15) is 18.2 Å². The number of aromatic nitrogens is 4. The van der Waals surface area contributed by atoms with Crippen molar-refractivity contribution in [3.05, 3.63) is 75.7 Å². The number of para-hydroxylation sites is 1. The van der Waals surface area contributed by atoms with Crippen molar-refractivity contribution in [3.8, 4) is 5.75 Å². The monoisotopic (exact) mass is 499 g/mol. The van der Waals surface area contributed by atoms with Crippen LogP contribution >= 0.6 is 11.8 Å². The zero-order valence-corrected chi connectivity index (χ0v) is 20.2. The second-order valence-corrected chi connectivity index (χ2v) is 8.60. The number of thioether (sulfide) groups is 1. The first kappa shape index (κ1) is 24.4. The van der Waals surface area contributed by atoms with Crippen molar-refractivity contribution in [2.24, 2.45) is 0 Å². The van der Waals surface area contributed by atoms with E-state index in [2.05, 4.69) is 15.4 Å². The number of ether oxygens (including phenoxy) is 1. The fourth-order valence-electron chi connectivity index (χ4n) is 3.68.